The van der Waals surface area contributed by atoms with Gasteiger partial charge in [0, 0.05) is 11.6 Å². The standard InChI is InChI=1S/C13H18ClFN2.ClH/c14-13-7-12(15)2-1-11(13)9-17-5-3-10(8-16)4-6-17;/h1-2,7,10H,3-6,8-9,16H2;1H. The SMILES string of the molecule is Cl.NCC1CCN(Cc2ccc(F)cc2Cl)CC1. The van der Waals surface area contributed by atoms with Crippen molar-refractivity contribution in [3.05, 3.63) is 34.6 Å². The molecule has 0 amide bonds. The van der Waals surface area contributed by atoms with Crippen LogP contribution in [0.5, 0.6) is 0 Å². The van der Waals surface area contributed by atoms with Crippen molar-refractivity contribution in [3.63, 3.8) is 0 Å². The number of halogens is 3. The summed E-state index contributed by atoms with van der Waals surface area (Å²) in [6, 6.07) is 4.62. The van der Waals surface area contributed by atoms with Crippen LogP contribution in [-0.2, 0) is 6.54 Å². The largest absolute Gasteiger partial charge is 0.330 e. The highest BCUT2D eigenvalue weighted by Gasteiger charge is 2.18. The third-order valence-corrected chi connectivity index (χ3v) is 3.80. The maximum atomic E-state index is 12.9. The van der Waals surface area contributed by atoms with E-state index in [0.29, 0.717) is 10.9 Å². The van der Waals surface area contributed by atoms with Crippen LogP contribution < -0.4 is 5.73 Å². The van der Waals surface area contributed by atoms with Crippen LogP contribution in [0.2, 0.25) is 5.02 Å². The smallest absolute Gasteiger partial charge is 0.124 e. The molecule has 0 bridgehead atoms. The monoisotopic (exact) mass is 292 g/mol. The van der Waals surface area contributed by atoms with E-state index in [-0.39, 0.29) is 18.2 Å². The van der Waals surface area contributed by atoms with Crippen molar-refractivity contribution in [1.82, 2.24) is 4.90 Å². The maximum Gasteiger partial charge on any atom is 0.124 e. The van der Waals surface area contributed by atoms with Gasteiger partial charge in [-0.3, -0.25) is 4.90 Å². The molecule has 0 aromatic heterocycles. The molecule has 1 aromatic rings. The van der Waals surface area contributed by atoms with Crippen molar-refractivity contribution in [3.8, 4) is 0 Å². The topological polar surface area (TPSA) is 29.3 Å². The second kappa shape index (κ2) is 7.29. The fraction of sp³-hybridized carbons (Fsp3) is 0.538. The molecule has 0 unspecified atom stereocenters. The van der Waals surface area contributed by atoms with Gasteiger partial charge in [-0.15, -0.1) is 12.4 Å². The van der Waals surface area contributed by atoms with Gasteiger partial charge in [0.2, 0.25) is 0 Å². The van der Waals surface area contributed by atoms with E-state index < -0.39 is 0 Å². The third-order valence-electron chi connectivity index (χ3n) is 3.45. The molecule has 1 heterocycles. The molecular formula is C13H19Cl2FN2. The van der Waals surface area contributed by atoms with E-state index in [2.05, 4.69) is 4.90 Å². The first-order valence-corrected chi connectivity index (χ1v) is 6.43. The summed E-state index contributed by atoms with van der Waals surface area (Å²) in [5.41, 5.74) is 6.66. The predicted molar refractivity (Wildman–Crippen MR) is 75.7 cm³/mol. The zero-order chi connectivity index (χ0) is 12.3. The summed E-state index contributed by atoms with van der Waals surface area (Å²) in [6.07, 6.45) is 2.30. The lowest BCUT2D eigenvalue weighted by molar-refractivity contribution is 0.180. The van der Waals surface area contributed by atoms with Gasteiger partial charge in [-0.2, -0.15) is 0 Å². The minimum atomic E-state index is -0.277. The number of hydrogen-bond acceptors (Lipinski definition) is 2. The van der Waals surface area contributed by atoms with Crippen LogP contribution in [0.25, 0.3) is 0 Å². The molecule has 1 aromatic carbocycles. The van der Waals surface area contributed by atoms with Gasteiger partial charge in [-0.1, -0.05) is 17.7 Å². The number of piperidine rings is 1. The van der Waals surface area contributed by atoms with Crippen LogP contribution in [0.4, 0.5) is 4.39 Å². The van der Waals surface area contributed by atoms with Crippen LogP contribution in [0.15, 0.2) is 18.2 Å². The highest BCUT2D eigenvalue weighted by atomic mass is 35.5. The van der Waals surface area contributed by atoms with Gasteiger partial charge in [0.25, 0.3) is 0 Å². The Morgan fingerprint density at radius 1 is 1.33 bits per heavy atom. The van der Waals surface area contributed by atoms with Crippen molar-refractivity contribution in [2.45, 2.75) is 19.4 Å². The molecule has 1 saturated heterocycles. The van der Waals surface area contributed by atoms with Gasteiger partial charge in [0.15, 0.2) is 0 Å². The molecule has 0 aliphatic carbocycles. The van der Waals surface area contributed by atoms with Gasteiger partial charge < -0.3 is 5.73 Å². The third kappa shape index (κ3) is 4.09. The Kier molecular flexibility index (Phi) is 6.36. The molecule has 0 spiro atoms. The lowest BCUT2D eigenvalue weighted by Gasteiger charge is -2.31. The molecule has 2 N–H and O–H groups in total. The Morgan fingerprint density at radius 3 is 2.56 bits per heavy atom. The molecule has 1 aliphatic heterocycles. The summed E-state index contributed by atoms with van der Waals surface area (Å²) in [5, 5.41) is 0.519. The highest BCUT2D eigenvalue weighted by molar-refractivity contribution is 6.31. The van der Waals surface area contributed by atoms with Crippen molar-refractivity contribution in [1.29, 1.82) is 0 Å². The molecule has 0 saturated carbocycles. The van der Waals surface area contributed by atoms with Crippen LogP contribution >= 0.6 is 24.0 Å². The van der Waals surface area contributed by atoms with Gasteiger partial charge in [0.1, 0.15) is 5.82 Å². The Morgan fingerprint density at radius 2 is 2.00 bits per heavy atom. The minimum absolute atomic E-state index is 0. The normalized spacial score (nSPS) is 17.5. The first-order valence-electron chi connectivity index (χ1n) is 6.05. The van der Waals surface area contributed by atoms with E-state index in [1.807, 2.05) is 0 Å². The number of nitrogens with zero attached hydrogens (tertiary/aromatic N) is 1. The van der Waals surface area contributed by atoms with Gasteiger partial charge in [0.05, 0.1) is 0 Å². The van der Waals surface area contributed by atoms with Crippen LogP contribution in [0.1, 0.15) is 18.4 Å². The fourth-order valence-electron chi connectivity index (χ4n) is 2.27. The fourth-order valence-corrected chi connectivity index (χ4v) is 2.50. The second-order valence-corrected chi connectivity index (χ2v) is 5.10. The van der Waals surface area contributed by atoms with Gasteiger partial charge in [-0.05, 0) is 56.1 Å². The Balaban J connectivity index is 0.00000162. The molecule has 102 valence electrons. The average Bonchev–Trinajstić information content (AvgIpc) is 2.34. The zero-order valence-electron chi connectivity index (χ0n) is 10.2. The molecule has 0 radical (unpaired) electrons. The van der Waals surface area contributed by atoms with Gasteiger partial charge >= 0.3 is 0 Å². The molecule has 1 fully saturated rings. The highest BCUT2D eigenvalue weighted by Crippen LogP contribution is 2.22. The Labute approximate surface area is 119 Å². The average molecular weight is 293 g/mol. The lowest BCUT2D eigenvalue weighted by atomic mass is 9.97. The summed E-state index contributed by atoms with van der Waals surface area (Å²) in [5.74, 6) is 0.385. The van der Waals surface area contributed by atoms with E-state index in [1.165, 1.54) is 12.1 Å². The second-order valence-electron chi connectivity index (χ2n) is 4.69. The number of rotatable bonds is 3. The molecular weight excluding hydrogens is 274 g/mol. The van der Waals surface area contributed by atoms with Gasteiger partial charge in [-0.25, -0.2) is 4.39 Å². The van der Waals surface area contributed by atoms with E-state index in [4.69, 9.17) is 17.3 Å². The van der Waals surface area contributed by atoms with E-state index in [9.17, 15) is 4.39 Å². The molecule has 2 rings (SSSR count). The maximum absolute atomic E-state index is 12.9. The summed E-state index contributed by atoms with van der Waals surface area (Å²) in [7, 11) is 0. The van der Waals surface area contributed by atoms with Crippen LogP contribution in [0.3, 0.4) is 0 Å². The quantitative estimate of drug-likeness (QED) is 0.928. The van der Waals surface area contributed by atoms with Crippen molar-refractivity contribution >= 4 is 24.0 Å². The summed E-state index contributed by atoms with van der Waals surface area (Å²) in [6.45, 7) is 3.69. The van der Waals surface area contributed by atoms with Crippen LogP contribution in [0, 0.1) is 11.7 Å². The summed E-state index contributed by atoms with van der Waals surface area (Å²) < 4.78 is 12.9. The molecule has 1 aliphatic rings. The predicted octanol–water partition coefficient (Wildman–Crippen LogP) is 3.07. The molecule has 2 nitrogen and oxygen atoms in total. The van der Waals surface area contributed by atoms with Crippen molar-refractivity contribution in [2.75, 3.05) is 19.6 Å². The Bertz CT molecular complexity index is 379. The van der Waals surface area contributed by atoms with Crippen molar-refractivity contribution < 1.29 is 4.39 Å². The molecule has 18 heavy (non-hydrogen) atoms. The summed E-state index contributed by atoms with van der Waals surface area (Å²) in [4.78, 5) is 2.35. The van der Waals surface area contributed by atoms with E-state index in [1.54, 1.807) is 6.07 Å². The first-order chi connectivity index (χ1) is 8.19. The number of nitrogens with two attached hydrogens (primary N) is 1. The molecule has 0 atom stereocenters. The summed E-state index contributed by atoms with van der Waals surface area (Å²) >= 11 is 6.02. The van der Waals surface area contributed by atoms with E-state index in [0.717, 1.165) is 44.6 Å². The zero-order valence-corrected chi connectivity index (χ0v) is 11.8. The first kappa shape index (κ1) is 15.7. The number of likely N-dealkylation sites (tertiary alicyclic amines) is 1. The Hall–Kier alpha value is -0.350. The van der Waals surface area contributed by atoms with E-state index >= 15 is 0 Å². The lowest BCUT2D eigenvalue weighted by Crippen LogP contribution is -2.35. The minimum Gasteiger partial charge on any atom is -0.330 e. The number of benzene rings is 1. The van der Waals surface area contributed by atoms with Crippen molar-refractivity contribution in [2.24, 2.45) is 11.7 Å². The van der Waals surface area contributed by atoms with Crippen LogP contribution in [-0.4, -0.2) is 24.5 Å². The molecule has 5 heteroatoms. The number of hydrogen-bond donors (Lipinski definition) is 1.